The molecule has 0 unspecified atom stereocenters. The molecule has 0 bridgehead atoms. The number of piperidine rings is 1. The fourth-order valence-electron chi connectivity index (χ4n) is 4.94. The molecule has 0 aromatic heterocycles. The van der Waals surface area contributed by atoms with E-state index < -0.39 is 0 Å². The molecule has 0 aromatic carbocycles. The first-order valence-electron chi connectivity index (χ1n) is 10.9. The number of carbonyl (C=O) groups excluding carboxylic acids is 1. The molecule has 3 aliphatic rings. The summed E-state index contributed by atoms with van der Waals surface area (Å²) in [4.78, 5) is 20.5. The Morgan fingerprint density at radius 3 is 2.43 bits per heavy atom. The Morgan fingerprint density at radius 1 is 1.14 bits per heavy atom. The molecule has 0 spiro atoms. The molecule has 1 amide bonds. The number of rotatable bonds is 6. The van der Waals surface area contributed by atoms with Gasteiger partial charge in [0.15, 0.2) is 5.96 Å². The van der Waals surface area contributed by atoms with Crippen molar-refractivity contribution in [1.82, 2.24) is 20.4 Å². The van der Waals surface area contributed by atoms with Gasteiger partial charge in [0.2, 0.25) is 5.91 Å². The van der Waals surface area contributed by atoms with Crippen molar-refractivity contribution in [3.63, 3.8) is 0 Å². The van der Waals surface area contributed by atoms with E-state index in [4.69, 9.17) is 5.73 Å². The summed E-state index contributed by atoms with van der Waals surface area (Å²) in [6.45, 7) is 5.61. The molecule has 28 heavy (non-hydrogen) atoms. The second-order valence-electron chi connectivity index (χ2n) is 8.47. The van der Waals surface area contributed by atoms with Gasteiger partial charge in [-0.1, -0.05) is 19.3 Å². The van der Waals surface area contributed by atoms with Crippen LogP contribution in [0.3, 0.4) is 0 Å². The van der Waals surface area contributed by atoms with Crippen molar-refractivity contribution in [3.05, 3.63) is 0 Å². The standard InChI is InChI=1S/C20H38N6OS/c1-22-19(24-17-5-9-25(10-6-17)15-18(21)27)23-16-20(7-3-2-4-8-20)26-11-13-28-14-12-26/h17H,2-16H2,1H3,(H2,21,27)(H2,22,23,24). The van der Waals surface area contributed by atoms with E-state index in [1.54, 1.807) is 0 Å². The number of amides is 1. The van der Waals surface area contributed by atoms with Gasteiger partial charge in [0.1, 0.15) is 0 Å². The topological polar surface area (TPSA) is 86.0 Å². The number of primary amides is 1. The lowest BCUT2D eigenvalue weighted by Crippen LogP contribution is -2.60. The Balaban J connectivity index is 1.50. The third kappa shape index (κ3) is 6.00. The fourth-order valence-corrected chi connectivity index (χ4v) is 5.85. The molecule has 1 aliphatic carbocycles. The minimum absolute atomic E-state index is 0.238. The van der Waals surface area contributed by atoms with E-state index in [-0.39, 0.29) is 5.91 Å². The fraction of sp³-hybridized carbons (Fsp3) is 0.900. The molecule has 2 heterocycles. The molecule has 3 fully saturated rings. The van der Waals surface area contributed by atoms with E-state index in [0.29, 0.717) is 18.1 Å². The number of likely N-dealkylation sites (tertiary alicyclic amines) is 1. The molecule has 160 valence electrons. The van der Waals surface area contributed by atoms with Crippen LogP contribution in [0.4, 0.5) is 0 Å². The maximum absolute atomic E-state index is 11.1. The SMILES string of the molecule is CN=C(NCC1(N2CCSCC2)CCCCC1)NC1CCN(CC(N)=O)CC1. The first kappa shape index (κ1) is 21.7. The summed E-state index contributed by atoms with van der Waals surface area (Å²) < 4.78 is 0. The highest BCUT2D eigenvalue weighted by molar-refractivity contribution is 7.99. The number of hydrogen-bond donors (Lipinski definition) is 3. The molecule has 0 atom stereocenters. The van der Waals surface area contributed by atoms with Gasteiger partial charge < -0.3 is 16.4 Å². The van der Waals surface area contributed by atoms with Crippen molar-refractivity contribution >= 4 is 23.6 Å². The predicted octanol–water partition coefficient (Wildman–Crippen LogP) is 0.853. The van der Waals surface area contributed by atoms with E-state index in [0.717, 1.165) is 38.4 Å². The summed E-state index contributed by atoms with van der Waals surface area (Å²) in [7, 11) is 1.86. The zero-order valence-corrected chi connectivity index (χ0v) is 18.2. The Labute approximate surface area is 174 Å². The molecule has 7 nitrogen and oxygen atoms in total. The van der Waals surface area contributed by atoms with Crippen LogP contribution in [0, 0.1) is 0 Å². The van der Waals surface area contributed by atoms with Gasteiger partial charge in [-0.15, -0.1) is 0 Å². The molecule has 8 heteroatoms. The summed E-state index contributed by atoms with van der Waals surface area (Å²) in [5, 5.41) is 7.28. The number of guanidine groups is 1. The molecule has 2 saturated heterocycles. The highest BCUT2D eigenvalue weighted by atomic mass is 32.2. The number of nitrogens with two attached hydrogens (primary N) is 1. The quantitative estimate of drug-likeness (QED) is 0.445. The highest BCUT2D eigenvalue weighted by Crippen LogP contribution is 2.34. The average molecular weight is 411 g/mol. The smallest absolute Gasteiger partial charge is 0.231 e. The predicted molar refractivity (Wildman–Crippen MR) is 118 cm³/mol. The van der Waals surface area contributed by atoms with Crippen molar-refractivity contribution in [2.45, 2.75) is 56.5 Å². The van der Waals surface area contributed by atoms with Crippen molar-refractivity contribution in [3.8, 4) is 0 Å². The molecular weight excluding hydrogens is 372 g/mol. The Hall–Kier alpha value is -0.990. The minimum Gasteiger partial charge on any atom is -0.369 e. The summed E-state index contributed by atoms with van der Waals surface area (Å²) in [5.74, 6) is 3.21. The van der Waals surface area contributed by atoms with Crippen LogP contribution in [0.1, 0.15) is 44.9 Å². The summed E-state index contributed by atoms with van der Waals surface area (Å²) in [6.07, 6.45) is 8.69. The monoisotopic (exact) mass is 410 g/mol. The number of thioether (sulfide) groups is 1. The zero-order valence-electron chi connectivity index (χ0n) is 17.4. The van der Waals surface area contributed by atoms with Crippen molar-refractivity contribution in [1.29, 1.82) is 0 Å². The third-order valence-electron chi connectivity index (χ3n) is 6.58. The maximum Gasteiger partial charge on any atom is 0.231 e. The molecular formula is C20H38N6OS. The largest absolute Gasteiger partial charge is 0.369 e. The number of nitrogens with one attached hydrogen (secondary N) is 2. The van der Waals surface area contributed by atoms with E-state index in [2.05, 4.69) is 37.2 Å². The summed E-state index contributed by atoms with van der Waals surface area (Å²) >= 11 is 2.09. The van der Waals surface area contributed by atoms with Crippen LogP contribution in [0.25, 0.3) is 0 Å². The van der Waals surface area contributed by atoms with Gasteiger partial charge >= 0.3 is 0 Å². The Bertz CT molecular complexity index is 523. The van der Waals surface area contributed by atoms with Gasteiger partial charge in [-0.25, -0.2) is 0 Å². The number of nitrogens with zero attached hydrogens (tertiary/aromatic N) is 3. The lowest BCUT2D eigenvalue weighted by molar-refractivity contribution is -0.119. The lowest BCUT2D eigenvalue weighted by Gasteiger charge is -2.48. The Morgan fingerprint density at radius 2 is 1.82 bits per heavy atom. The molecule has 4 N–H and O–H groups in total. The second kappa shape index (κ2) is 10.7. The first-order chi connectivity index (χ1) is 13.6. The molecule has 3 rings (SSSR count). The number of aliphatic imine (C=N–C) groups is 1. The number of carbonyl (C=O) groups is 1. The van der Waals surface area contributed by atoms with Crippen LogP contribution in [-0.4, -0.2) is 91.1 Å². The van der Waals surface area contributed by atoms with Gasteiger partial charge in [-0.05, 0) is 25.7 Å². The Kier molecular flexibility index (Phi) is 8.29. The first-order valence-corrected chi connectivity index (χ1v) is 12.1. The van der Waals surface area contributed by atoms with Gasteiger partial charge in [-0.2, -0.15) is 11.8 Å². The lowest BCUT2D eigenvalue weighted by atomic mass is 9.80. The van der Waals surface area contributed by atoms with Crippen molar-refractivity contribution < 1.29 is 4.79 Å². The van der Waals surface area contributed by atoms with Gasteiger partial charge in [0.25, 0.3) is 0 Å². The molecule has 0 aromatic rings. The van der Waals surface area contributed by atoms with Crippen LogP contribution in [-0.2, 0) is 4.79 Å². The van der Waals surface area contributed by atoms with Crippen LogP contribution in [0.2, 0.25) is 0 Å². The molecule has 0 radical (unpaired) electrons. The van der Waals surface area contributed by atoms with Crippen LogP contribution in [0.15, 0.2) is 4.99 Å². The van der Waals surface area contributed by atoms with Crippen LogP contribution < -0.4 is 16.4 Å². The number of hydrogen-bond acceptors (Lipinski definition) is 5. The normalized spacial score (nSPS) is 25.4. The van der Waals surface area contributed by atoms with E-state index >= 15 is 0 Å². The van der Waals surface area contributed by atoms with Gasteiger partial charge in [0.05, 0.1) is 6.54 Å². The van der Waals surface area contributed by atoms with Crippen LogP contribution in [0.5, 0.6) is 0 Å². The summed E-state index contributed by atoms with van der Waals surface area (Å²) in [6, 6.07) is 0.406. The van der Waals surface area contributed by atoms with E-state index in [1.165, 1.54) is 56.7 Å². The molecule has 1 saturated carbocycles. The second-order valence-corrected chi connectivity index (χ2v) is 9.70. The maximum atomic E-state index is 11.1. The van der Waals surface area contributed by atoms with Crippen molar-refractivity contribution in [2.75, 3.05) is 57.8 Å². The van der Waals surface area contributed by atoms with Crippen LogP contribution >= 0.6 is 11.8 Å². The van der Waals surface area contributed by atoms with E-state index in [9.17, 15) is 4.79 Å². The zero-order chi connectivity index (χ0) is 19.8. The third-order valence-corrected chi connectivity index (χ3v) is 7.53. The highest BCUT2D eigenvalue weighted by Gasteiger charge is 2.38. The minimum atomic E-state index is -0.238. The van der Waals surface area contributed by atoms with Gasteiger partial charge in [-0.3, -0.25) is 19.6 Å². The average Bonchev–Trinajstić information content (AvgIpc) is 2.73. The molecule has 2 aliphatic heterocycles. The van der Waals surface area contributed by atoms with Gasteiger partial charge in [0, 0.05) is 62.9 Å². The van der Waals surface area contributed by atoms with E-state index in [1.807, 2.05) is 7.05 Å². The van der Waals surface area contributed by atoms with Crippen molar-refractivity contribution in [2.24, 2.45) is 10.7 Å². The summed E-state index contributed by atoms with van der Waals surface area (Å²) in [5.41, 5.74) is 5.61.